The molecule has 0 saturated heterocycles. The van der Waals surface area contributed by atoms with Crippen LogP contribution in [0.5, 0.6) is 11.5 Å². The largest absolute Gasteiger partial charge is 0.493 e. The maximum absolute atomic E-state index is 12.8. The molecule has 0 fully saturated rings. The minimum absolute atomic E-state index is 0. The van der Waals surface area contributed by atoms with Crippen LogP contribution in [0.15, 0.2) is 42.5 Å². The summed E-state index contributed by atoms with van der Waals surface area (Å²) < 4.78 is 23.6. The molecule has 0 aliphatic rings. The first kappa shape index (κ1) is 16.8. The van der Waals surface area contributed by atoms with Gasteiger partial charge in [-0.1, -0.05) is 12.1 Å². The minimum Gasteiger partial charge on any atom is -0.493 e. The molecule has 2 aromatic rings. The van der Waals surface area contributed by atoms with Crippen LogP contribution < -0.4 is 15.2 Å². The van der Waals surface area contributed by atoms with Crippen molar-refractivity contribution in [3.05, 3.63) is 59.4 Å². The fourth-order valence-corrected chi connectivity index (χ4v) is 1.70. The normalized spacial score (nSPS) is 9.62. The highest BCUT2D eigenvalue weighted by molar-refractivity contribution is 5.95. The van der Waals surface area contributed by atoms with Crippen molar-refractivity contribution in [1.82, 2.24) is 0 Å². The molecule has 0 radical (unpaired) electrons. The van der Waals surface area contributed by atoms with E-state index < -0.39 is 0 Å². The van der Waals surface area contributed by atoms with Gasteiger partial charge in [0.15, 0.2) is 11.5 Å². The summed E-state index contributed by atoms with van der Waals surface area (Å²) in [5, 5.41) is 7.38. The molecule has 6 heteroatoms. The van der Waals surface area contributed by atoms with Gasteiger partial charge in [0.05, 0.1) is 7.11 Å². The molecule has 0 saturated carbocycles. The molecule has 0 spiro atoms. The van der Waals surface area contributed by atoms with Gasteiger partial charge in [0.25, 0.3) is 0 Å². The van der Waals surface area contributed by atoms with E-state index in [2.05, 4.69) is 0 Å². The number of nitrogen functional groups attached to an aromatic ring is 1. The van der Waals surface area contributed by atoms with E-state index in [1.807, 2.05) is 0 Å². The Morgan fingerprint density at radius 2 is 1.81 bits per heavy atom. The minimum atomic E-state index is -0.280. The molecule has 0 bridgehead atoms. The first-order valence-electron chi connectivity index (χ1n) is 6.00. The molecule has 3 N–H and O–H groups in total. The molecular weight excluding hydrogens is 295 g/mol. The van der Waals surface area contributed by atoms with Gasteiger partial charge in [0, 0.05) is 5.56 Å². The number of amidine groups is 1. The Morgan fingerprint density at radius 1 is 1.14 bits per heavy atom. The van der Waals surface area contributed by atoms with E-state index in [-0.39, 0.29) is 24.1 Å². The summed E-state index contributed by atoms with van der Waals surface area (Å²) in [4.78, 5) is 0. The van der Waals surface area contributed by atoms with E-state index in [1.54, 1.807) is 30.3 Å². The zero-order chi connectivity index (χ0) is 14.5. The number of hydrogen-bond donors (Lipinski definition) is 2. The zero-order valence-corrected chi connectivity index (χ0v) is 12.2. The Morgan fingerprint density at radius 3 is 2.38 bits per heavy atom. The summed E-state index contributed by atoms with van der Waals surface area (Å²) in [6.07, 6.45) is 0. The second kappa shape index (κ2) is 7.50. The Balaban J connectivity index is 0.00000220. The number of methoxy groups -OCH3 is 1. The van der Waals surface area contributed by atoms with Crippen LogP contribution in [-0.2, 0) is 6.61 Å². The van der Waals surface area contributed by atoms with Gasteiger partial charge in [0.2, 0.25) is 0 Å². The van der Waals surface area contributed by atoms with Crippen LogP contribution in [0.3, 0.4) is 0 Å². The van der Waals surface area contributed by atoms with Crippen molar-refractivity contribution in [2.75, 3.05) is 7.11 Å². The maximum Gasteiger partial charge on any atom is 0.161 e. The number of rotatable bonds is 5. The summed E-state index contributed by atoms with van der Waals surface area (Å²) >= 11 is 0. The van der Waals surface area contributed by atoms with E-state index in [0.29, 0.717) is 23.7 Å². The molecule has 0 atom stereocenters. The third kappa shape index (κ3) is 4.36. The Hall–Kier alpha value is -2.27. The fraction of sp³-hybridized carbons (Fsp3) is 0.133. The van der Waals surface area contributed by atoms with E-state index in [1.165, 1.54) is 19.2 Å². The van der Waals surface area contributed by atoms with Crippen LogP contribution >= 0.6 is 12.4 Å². The number of ether oxygens (including phenoxy) is 2. The molecule has 0 amide bonds. The van der Waals surface area contributed by atoms with Gasteiger partial charge >= 0.3 is 0 Å². The van der Waals surface area contributed by atoms with Gasteiger partial charge < -0.3 is 15.2 Å². The quantitative estimate of drug-likeness (QED) is 0.658. The first-order chi connectivity index (χ1) is 9.60. The highest BCUT2D eigenvalue weighted by Gasteiger charge is 2.07. The Bertz CT molecular complexity index is 618. The topological polar surface area (TPSA) is 68.3 Å². The van der Waals surface area contributed by atoms with Gasteiger partial charge in [-0.2, -0.15) is 0 Å². The van der Waals surface area contributed by atoms with Crippen molar-refractivity contribution in [1.29, 1.82) is 5.41 Å². The summed E-state index contributed by atoms with van der Waals surface area (Å²) in [6.45, 7) is 0.302. The third-order valence-electron chi connectivity index (χ3n) is 2.78. The van der Waals surface area contributed by atoms with Crippen molar-refractivity contribution >= 4 is 18.2 Å². The van der Waals surface area contributed by atoms with Crippen LogP contribution in [0.25, 0.3) is 0 Å². The van der Waals surface area contributed by atoms with E-state index in [0.717, 1.165) is 5.56 Å². The molecule has 2 rings (SSSR count). The van der Waals surface area contributed by atoms with Gasteiger partial charge in [0.1, 0.15) is 18.3 Å². The summed E-state index contributed by atoms with van der Waals surface area (Å²) in [7, 11) is 1.52. The number of halogens is 2. The lowest BCUT2D eigenvalue weighted by atomic mass is 10.2. The highest BCUT2D eigenvalue weighted by Crippen LogP contribution is 2.28. The van der Waals surface area contributed by atoms with Gasteiger partial charge in [-0.3, -0.25) is 5.41 Å². The molecule has 4 nitrogen and oxygen atoms in total. The summed E-state index contributed by atoms with van der Waals surface area (Å²) in [5.41, 5.74) is 6.83. The van der Waals surface area contributed by atoms with Crippen molar-refractivity contribution in [3.8, 4) is 11.5 Å². The van der Waals surface area contributed by atoms with Crippen LogP contribution in [0.1, 0.15) is 11.1 Å². The Kier molecular flexibility index (Phi) is 5.99. The molecule has 0 heterocycles. The van der Waals surface area contributed by atoms with E-state index in [4.69, 9.17) is 20.6 Å². The lowest BCUT2D eigenvalue weighted by molar-refractivity contribution is 0.284. The second-order valence-electron chi connectivity index (χ2n) is 4.19. The molecule has 0 unspecified atom stereocenters. The lowest BCUT2D eigenvalue weighted by Crippen LogP contribution is -2.11. The predicted molar refractivity (Wildman–Crippen MR) is 82.0 cm³/mol. The molecular formula is C15H16ClFN2O2. The maximum atomic E-state index is 12.8. The summed E-state index contributed by atoms with van der Waals surface area (Å²) in [5.74, 6) is 0.729. The van der Waals surface area contributed by atoms with Gasteiger partial charge in [-0.15, -0.1) is 12.4 Å². The SMILES string of the molecule is COc1cc(C(=N)N)ccc1OCc1ccc(F)cc1.Cl. The van der Waals surface area contributed by atoms with Gasteiger partial charge in [-0.25, -0.2) is 4.39 Å². The first-order valence-corrected chi connectivity index (χ1v) is 6.00. The number of hydrogen-bond acceptors (Lipinski definition) is 3. The van der Waals surface area contributed by atoms with Gasteiger partial charge in [-0.05, 0) is 35.9 Å². The molecule has 2 aromatic carbocycles. The fourth-order valence-electron chi connectivity index (χ4n) is 1.70. The van der Waals surface area contributed by atoms with E-state index in [9.17, 15) is 4.39 Å². The van der Waals surface area contributed by atoms with Crippen LogP contribution in [0, 0.1) is 11.2 Å². The van der Waals surface area contributed by atoms with Crippen molar-refractivity contribution < 1.29 is 13.9 Å². The molecule has 112 valence electrons. The van der Waals surface area contributed by atoms with E-state index >= 15 is 0 Å². The number of nitrogens with two attached hydrogens (primary N) is 1. The molecule has 0 aliphatic carbocycles. The zero-order valence-electron chi connectivity index (χ0n) is 11.4. The molecule has 21 heavy (non-hydrogen) atoms. The van der Waals surface area contributed by atoms with Crippen LogP contribution in [0.4, 0.5) is 4.39 Å². The van der Waals surface area contributed by atoms with Crippen LogP contribution in [-0.4, -0.2) is 12.9 Å². The number of nitrogens with one attached hydrogen (secondary N) is 1. The average molecular weight is 311 g/mol. The van der Waals surface area contributed by atoms with Crippen molar-refractivity contribution in [2.24, 2.45) is 5.73 Å². The molecule has 0 aromatic heterocycles. The molecule has 0 aliphatic heterocycles. The summed E-state index contributed by atoms with van der Waals surface area (Å²) in [6, 6.07) is 11.1. The van der Waals surface area contributed by atoms with Crippen molar-refractivity contribution in [2.45, 2.75) is 6.61 Å². The smallest absolute Gasteiger partial charge is 0.161 e. The second-order valence-corrected chi connectivity index (χ2v) is 4.19. The standard InChI is InChI=1S/C15H15FN2O2.ClH/c1-19-14-8-11(15(17)18)4-7-13(14)20-9-10-2-5-12(16)6-3-10;/h2-8H,9H2,1H3,(H3,17,18);1H. The van der Waals surface area contributed by atoms with Crippen molar-refractivity contribution in [3.63, 3.8) is 0 Å². The monoisotopic (exact) mass is 310 g/mol. The number of benzene rings is 2. The Labute approximate surface area is 128 Å². The highest BCUT2D eigenvalue weighted by atomic mass is 35.5. The third-order valence-corrected chi connectivity index (χ3v) is 2.78. The average Bonchev–Trinajstić information content (AvgIpc) is 2.46. The predicted octanol–water partition coefficient (Wildman–Crippen LogP) is 3.12. The lowest BCUT2D eigenvalue weighted by Gasteiger charge is -2.12. The van der Waals surface area contributed by atoms with Crippen LogP contribution in [0.2, 0.25) is 0 Å².